The van der Waals surface area contributed by atoms with Gasteiger partial charge >= 0.3 is 0 Å². The van der Waals surface area contributed by atoms with Gasteiger partial charge in [0.15, 0.2) is 0 Å². The Morgan fingerprint density at radius 1 is 1.24 bits per heavy atom. The first-order valence-electron chi connectivity index (χ1n) is 8.32. The average molecular weight is 338 g/mol. The number of carbonyl (C=O) groups excluding carboxylic acids is 1. The third kappa shape index (κ3) is 3.60. The zero-order valence-electron chi connectivity index (χ0n) is 14.7. The van der Waals surface area contributed by atoms with Crippen LogP contribution in [0.3, 0.4) is 0 Å². The fourth-order valence-corrected chi connectivity index (χ4v) is 2.76. The fraction of sp³-hybridized carbons (Fsp3) is 0.333. The summed E-state index contributed by atoms with van der Waals surface area (Å²) in [4.78, 5) is 23.1. The number of nitrogens with one attached hydrogen (secondary N) is 1. The highest BCUT2D eigenvalue weighted by molar-refractivity contribution is 5.95. The minimum Gasteiger partial charge on any atom is -0.367 e. The van der Waals surface area contributed by atoms with Crippen molar-refractivity contribution >= 4 is 22.8 Å². The largest absolute Gasteiger partial charge is 0.367 e. The Hall–Kier alpha value is -2.96. The molecule has 0 aliphatic carbocycles. The van der Waals surface area contributed by atoms with E-state index in [4.69, 9.17) is 0 Å². The van der Waals surface area contributed by atoms with Crippen LogP contribution in [0.2, 0.25) is 0 Å². The number of likely N-dealkylation sites (N-methyl/N-ethyl adjacent to an activating group) is 1. The summed E-state index contributed by atoms with van der Waals surface area (Å²) in [5.74, 6) is 0.687. The lowest BCUT2D eigenvalue weighted by molar-refractivity contribution is 0.0799. The second kappa shape index (κ2) is 7.29. The molecule has 0 unspecified atom stereocenters. The smallest absolute Gasteiger partial charge is 0.257 e. The number of hydrogen-bond acceptors (Lipinski definition) is 5. The van der Waals surface area contributed by atoms with Crippen LogP contribution in [0.5, 0.6) is 0 Å². The fourth-order valence-electron chi connectivity index (χ4n) is 2.76. The minimum atomic E-state index is -0.0173. The Labute approximate surface area is 146 Å². The first-order valence-corrected chi connectivity index (χ1v) is 8.32. The van der Waals surface area contributed by atoms with E-state index in [0.29, 0.717) is 24.5 Å². The summed E-state index contributed by atoms with van der Waals surface area (Å²) >= 11 is 0. The predicted molar refractivity (Wildman–Crippen MR) is 97.6 cm³/mol. The van der Waals surface area contributed by atoms with Gasteiger partial charge in [-0.1, -0.05) is 19.1 Å². The van der Waals surface area contributed by atoms with Gasteiger partial charge in [0.25, 0.3) is 5.91 Å². The van der Waals surface area contributed by atoms with Crippen molar-refractivity contribution in [2.45, 2.75) is 13.3 Å². The summed E-state index contributed by atoms with van der Waals surface area (Å²) in [7, 11) is 3.65. The highest BCUT2D eigenvalue weighted by Gasteiger charge is 2.18. The molecule has 7 nitrogen and oxygen atoms in total. The summed E-state index contributed by atoms with van der Waals surface area (Å²) in [6.07, 6.45) is 4.12. The lowest BCUT2D eigenvalue weighted by Crippen LogP contribution is -2.32. The van der Waals surface area contributed by atoms with E-state index in [9.17, 15) is 4.79 Å². The molecule has 0 fully saturated rings. The number of benzene rings is 1. The molecule has 0 saturated carbocycles. The van der Waals surface area contributed by atoms with E-state index < -0.39 is 0 Å². The van der Waals surface area contributed by atoms with Crippen molar-refractivity contribution in [1.82, 2.24) is 24.6 Å². The number of amides is 1. The van der Waals surface area contributed by atoms with E-state index in [1.807, 2.05) is 38.2 Å². The molecule has 0 aliphatic heterocycles. The molecule has 0 bridgehead atoms. The van der Waals surface area contributed by atoms with Crippen LogP contribution in [0.4, 0.5) is 5.82 Å². The highest BCUT2D eigenvalue weighted by atomic mass is 16.2. The van der Waals surface area contributed by atoms with Crippen LogP contribution in [-0.4, -0.2) is 50.7 Å². The maximum Gasteiger partial charge on any atom is 0.257 e. The van der Waals surface area contributed by atoms with Gasteiger partial charge in [-0.3, -0.25) is 14.5 Å². The molecule has 3 rings (SSSR count). The van der Waals surface area contributed by atoms with E-state index in [1.54, 1.807) is 29.0 Å². The van der Waals surface area contributed by atoms with Crippen molar-refractivity contribution in [1.29, 1.82) is 0 Å². The van der Waals surface area contributed by atoms with Gasteiger partial charge in [0.2, 0.25) is 0 Å². The van der Waals surface area contributed by atoms with E-state index >= 15 is 0 Å². The Kier molecular flexibility index (Phi) is 4.92. The number of fused-ring (bicyclic) bond motifs is 1. The summed E-state index contributed by atoms with van der Waals surface area (Å²) < 4.78 is 1.75. The summed E-state index contributed by atoms with van der Waals surface area (Å²) in [6.45, 7) is 3.18. The maximum absolute atomic E-state index is 12.6. The van der Waals surface area contributed by atoms with Gasteiger partial charge in [-0.05, 0) is 18.6 Å². The van der Waals surface area contributed by atoms with Crippen LogP contribution in [0.1, 0.15) is 23.0 Å². The molecular weight excluding hydrogens is 316 g/mol. The van der Waals surface area contributed by atoms with Gasteiger partial charge in [0.05, 0.1) is 34.7 Å². The van der Waals surface area contributed by atoms with Crippen LogP contribution >= 0.6 is 0 Å². The summed E-state index contributed by atoms with van der Waals surface area (Å²) in [5, 5.41) is 7.40. The number of aromatic nitrogens is 4. The molecule has 3 aromatic rings. The van der Waals surface area contributed by atoms with Crippen molar-refractivity contribution < 1.29 is 4.79 Å². The zero-order chi connectivity index (χ0) is 17.8. The van der Waals surface area contributed by atoms with Crippen LogP contribution < -0.4 is 5.32 Å². The number of nitrogens with zero attached hydrogens (tertiary/aromatic N) is 5. The Bertz CT molecular complexity index is 888. The number of hydrogen-bond donors (Lipinski definition) is 1. The topological polar surface area (TPSA) is 75.9 Å². The molecule has 2 aromatic heterocycles. The van der Waals surface area contributed by atoms with Gasteiger partial charge < -0.3 is 10.2 Å². The molecule has 0 radical (unpaired) electrons. The van der Waals surface area contributed by atoms with E-state index in [2.05, 4.69) is 20.4 Å². The number of rotatable bonds is 6. The molecule has 0 aliphatic rings. The molecule has 130 valence electrons. The maximum atomic E-state index is 12.6. The molecule has 0 atom stereocenters. The second-order valence-corrected chi connectivity index (χ2v) is 5.88. The van der Waals surface area contributed by atoms with Gasteiger partial charge in [0, 0.05) is 27.2 Å². The first-order chi connectivity index (χ1) is 12.1. The molecular formula is C18H22N6O. The SMILES string of the molecule is CCc1c(C(=O)N(C)CCNc2cnc3ccccc3n2)cnn1C. The van der Waals surface area contributed by atoms with Crippen LogP contribution in [0.25, 0.3) is 11.0 Å². The normalized spacial score (nSPS) is 10.8. The van der Waals surface area contributed by atoms with Crippen molar-refractivity contribution in [2.24, 2.45) is 7.05 Å². The molecule has 0 saturated heterocycles. The lowest BCUT2D eigenvalue weighted by atomic mass is 10.2. The monoisotopic (exact) mass is 338 g/mol. The quantitative estimate of drug-likeness (QED) is 0.745. The van der Waals surface area contributed by atoms with Crippen LogP contribution in [0.15, 0.2) is 36.7 Å². The van der Waals surface area contributed by atoms with Gasteiger partial charge in [-0.15, -0.1) is 0 Å². The number of para-hydroxylation sites is 2. The molecule has 7 heteroatoms. The van der Waals surface area contributed by atoms with Gasteiger partial charge in [-0.25, -0.2) is 4.98 Å². The molecule has 2 heterocycles. The highest BCUT2D eigenvalue weighted by Crippen LogP contribution is 2.12. The number of aryl methyl sites for hydroxylation is 1. The third-order valence-electron chi connectivity index (χ3n) is 4.18. The molecule has 0 spiro atoms. The Balaban J connectivity index is 1.59. The third-order valence-corrected chi connectivity index (χ3v) is 4.18. The predicted octanol–water partition coefficient (Wildman–Crippen LogP) is 2.11. The standard InChI is InChI=1S/C18H22N6O/c1-4-16-13(11-21-24(16)3)18(25)23(2)10-9-19-17-12-20-14-7-5-6-8-15(14)22-17/h5-8,11-12H,4,9-10H2,1-3H3,(H,19,22). The summed E-state index contributed by atoms with van der Waals surface area (Å²) in [5.41, 5.74) is 3.33. The molecule has 25 heavy (non-hydrogen) atoms. The average Bonchev–Trinajstić information content (AvgIpc) is 3.01. The Morgan fingerprint density at radius 3 is 2.76 bits per heavy atom. The van der Waals surface area contributed by atoms with E-state index in [1.165, 1.54) is 0 Å². The Morgan fingerprint density at radius 2 is 2.00 bits per heavy atom. The molecule has 1 N–H and O–H groups in total. The van der Waals surface area contributed by atoms with Crippen molar-refractivity contribution in [2.75, 3.05) is 25.5 Å². The van der Waals surface area contributed by atoms with Gasteiger partial charge in [-0.2, -0.15) is 5.10 Å². The van der Waals surface area contributed by atoms with Crippen LogP contribution in [0, 0.1) is 0 Å². The van der Waals surface area contributed by atoms with Crippen molar-refractivity contribution in [3.8, 4) is 0 Å². The van der Waals surface area contributed by atoms with Gasteiger partial charge in [0.1, 0.15) is 5.82 Å². The summed E-state index contributed by atoms with van der Waals surface area (Å²) in [6, 6.07) is 7.73. The molecule has 1 aromatic carbocycles. The lowest BCUT2D eigenvalue weighted by Gasteiger charge is -2.17. The van der Waals surface area contributed by atoms with Crippen molar-refractivity contribution in [3.05, 3.63) is 47.9 Å². The van der Waals surface area contributed by atoms with E-state index in [-0.39, 0.29) is 5.91 Å². The molecule has 1 amide bonds. The second-order valence-electron chi connectivity index (χ2n) is 5.88. The number of anilines is 1. The number of carbonyl (C=O) groups is 1. The van der Waals surface area contributed by atoms with Crippen molar-refractivity contribution in [3.63, 3.8) is 0 Å². The first kappa shape index (κ1) is 16.9. The zero-order valence-corrected chi connectivity index (χ0v) is 14.7. The van der Waals surface area contributed by atoms with Crippen LogP contribution in [-0.2, 0) is 13.5 Å². The van der Waals surface area contributed by atoms with E-state index in [0.717, 1.165) is 23.1 Å². The minimum absolute atomic E-state index is 0.0173.